The Morgan fingerprint density at radius 1 is 1.44 bits per heavy atom. The van der Waals surface area contributed by atoms with Gasteiger partial charge < -0.3 is 5.11 Å². The fourth-order valence-corrected chi connectivity index (χ4v) is 1.35. The van der Waals surface area contributed by atoms with E-state index < -0.39 is 33.9 Å². The van der Waals surface area contributed by atoms with Crippen molar-refractivity contribution in [2.45, 2.75) is 6.18 Å². The van der Waals surface area contributed by atoms with E-state index in [0.717, 1.165) is 6.07 Å². The van der Waals surface area contributed by atoms with E-state index in [-0.39, 0.29) is 0 Å². The molecule has 0 fully saturated rings. The number of carboxylic acid groups (broad SMARTS) is 1. The number of hydrogen-bond donors (Lipinski definition) is 1. The monoisotopic (exact) mass is 249 g/mol. The van der Waals surface area contributed by atoms with Gasteiger partial charge >= 0.3 is 12.1 Å². The molecule has 1 aromatic carbocycles. The Bertz CT molecular complexity index is 491. The second-order valence-electron chi connectivity index (χ2n) is 2.80. The van der Waals surface area contributed by atoms with Gasteiger partial charge in [-0.05, 0) is 12.1 Å². The number of aromatic carboxylic acids is 1. The lowest BCUT2D eigenvalue weighted by Crippen LogP contribution is -2.10. The van der Waals surface area contributed by atoms with Crippen LogP contribution in [0.15, 0.2) is 12.1 Å². The third-order valence-corrected chi connectivity index (χ3v) is 2.14. The summed E-state index contributed by atoms with van der Waals surface area (Å²) >= 11 is 5.31. The van der Waals surface area contributed by atoms with Crippen molar-refractivity contribution in [2.24, 2.45) is 0 Å². The molecule has 1 aromatic rings. The Hall–Kier alpha value is -1.74. The predicted octanol–water partition coefficient (Wildman–Crippen LogP) is 2.93. The first-order chi connectivity index (χ1) is 7.27. The summed E-state index contributed by atoms with van der Waals surface area (Å²) in [6.07, 6.45) is -4.80. The normalized spacial score (nSPS) is 10.9. The molecule has 0 unspecified atom stereocenters. The van der Waals surface area contributed by atoms with Crippen molar-refractivity contribution in [1.29, 1.82) is 5.26 Å². The standard InChI is InChI=1S/C9H3ClF3NO2/c10-7-5(8(15)16)1-4(3-14)2-6(7)9(11,12)13/h1-2H,(H,15,16). The molecule has 16 heavy (non-hydrogen) atoms. The van der Waals surface area contributed by atoms with Gasteiger partial charge in [-0.2, -0.15) is 18.4 Å². The second kappa shape index (κ2) is 4.02. The summed E-state index contributed by atoms with van der Waals surface area (Å²) in [7, 11) is 0. The molecule has 0 saturated heterocycles. The Kier molecular flexibility index (Phi) is 3.10. The lowest BCUT2D eigenvalue weighted by molar-refractivity contribution is -0.137. The third kappa shape index (κ3) is 2.25. The molecule has 0 aliphatic heterocycles. The van der Waals surface area contributed by atoms with Crippen LogP contribution in [0.4, 0.5) is 13.2 Å². The van der Waals surface area contributed by atoms with Crippen molar-refractivity contribution < 1.29 is 23.1 Å². The molecule has 0 aliphatic carbocycles. The van der Waals surface area contributed by atoms with Gasteiger partial charge in [-0.1, -0.05) is 11.6 Å². The van der Waals surface area contributed by atoms with Gasteiger partial charge in [-0.25, -0.2) is 4.79 Å². The smallest absolute Gasteiger partial charge is 0.417 e. The summed E-state index contributed by atoms with van der Waals surface area (Å²) in [5.74, 6) is -1.62. The number of benzene rings is 1. The topological polar surface area (TPSA) is 61.1 Å². The molecular formula is C9H3ClF3NO2. The SMILES string of the molecule is N#Cc1cc(C(=O)O)c(Cl)c(C(F)(F)F)c1. The molecule has 0 amide bonds. The molecule has 0 radical (unpaired) electrons. The fraction of sp³-hybridized carbons (Fsp3) is 0.111. The van der Waals surface area contributed by atoms with Gasteiger partial charge in [0.2, 0.25) is 0 Å². The van der Waals surface area contributed by atoms with Gasteiger partial charge in [0.05, 0.1) is 27.8 Å². The van der Waals surface area contributed by atoms with Crippen LogP contribution in [0.2, 0.25) is 5.02 Å². The van der Waals surface area contributed by atoms with Crippen molar-refractivity contribution in [1.82, 2.24) is 0 Å². The molecule has 1 N–H and O–H groups in total. The Labute approximate surface area is 92.7 Å². The number of carbonyl (C=O) groups is 1. The van der Waals surface area contributed by atoms with Crippen LogP contribution in [0.1, 0.15) is 21.5 Å². The summed E-state index contributed by atoms with van der Waals surface area (Å²) in [5.41, 5.74) is -2.48. The number of halogens is 4. The zero-order valence-electron chi connectivity index (χ0n) is 7.47. The van der Waals surface area contributed by atoms with Crippen LogP contribution in [0.3, 0.4) is 0 Å². The minimum Gasteiger partial charge on any atom is -0.478 e. The van der Waals surface area contributed by atoms with E-state index in [0.29, 0.717) is 6.07 Å². The largest absolute Gasteiger partial charge is 0.478 e. The fourth-order valence-electron chi connectivity index (χ4n) is 1.05. The van der Waals surface area contributed by atoms with Gasteiger partial charge in [-0.15, -0.1) is 0 Å². The number of carboxylic acids is 1. The van der Waals surface area contributed by atoms with Crippen molar-refractivity contribution in [3.63, 3.8) is 0 Å². The van der Waals surface area contributed by atoms with Crippen LogP contribution in [0.5, 0.6) is 0 Å². The van der Waals surface area contributed by atoms with Crippen molar-refractivity contribution in [2.75, 3.05) is 0 Å². The maximum atomic E-state index is 12.4. The van der Waals surface area contributed by atoms with Gasteiger partial charge in [0.25, 0.3) is 0 Å². The van der Waals surface area contributed by atoms with E-state index in [9.17, 15) is 18.0 Å². The minimum atomic E-state index is -4.80. The van der Waals surface area contributed by atoms with Crippen LogP contribution in [-0.4, -0.2) is 11.1 Å². The highest BCUT2D eigenvalue weighted by molar-refractivity contribution is 6.34. The first kappa shape index (κ1) is 12.3. The number of hydrogen-bond acceptors (Lipinski definition) is 2. The first-order valence-electron chi connectivity index (χ1n) is 3.81. The quantitative estimate of drug-likeness (QED) is 0.832. The summed E-state index contributed by atoms with van der Waals surface area (Å²) < 4.78 is 37.3. The van der Waals surface area contributed by atoms with Gasteiger partial charge in [0.1, 0.15) is 0 Å². The maximum Gasteiger partial charge on any atom is 0.417 e. The molecule has 84 valence electrons. The molecule has 0 heterocycles. The average molecular weight is 250 g/mol. The van der Waals surface area contributed by atoms with Crippen molar-refractivity contribution >= 4 is 17.6 Å². The van der Waals surface area contributed by atoms with E-state index in [1.54, 1.807) is 0 Å². The van der Waals surface area contributed by atoms with Crippen molar-refractivity contribution in [3.8, 4) is 6.07 Å². The van der Waals surface area contributed by atoms with E-state index in [2.05, 4.69) is 0 Å². The molecule has 0 saturated carbocycles. The molecule has 0 aliphatic rings. The third-order valence-electron chi connectivity index (χ3n) is 1.74. The van der Waals surface area contributed by atoms with E-state index >= 15 is 0 Å². The molecule has 1 rings (SSSR count). The van der Waals surface area contributed by atoms with Crippen LogP contribution in [0, 0.1) is 11.3 Å². The first-order valence-corrected chi connectivity index (χ1v) is 4.19. The Morgan fingerprint density at radius 2 is 2.00 bits per heavy atom. The minimum absolute atomic E-state index is 0.408. The molecular weight excluding hydrogens is 247 g/mol. The van der Waals surface area contributed by atoms with Crippen LogP contribution < -0.4 is 0 Å². The second-order valence-corrected chi connectivity index (χ2v) is 3.18. The van der Waals surface area contributed by atoms with Gasteiger partial charge in [-0.3, -0.25) is 0 Å². The van der Waals surface area contributed by atoms with Crippen molar-refractivity contribution in [3.05, 3.63) is 33.8 Å². The van der Waals surface area contributed by atoms with Crippen LogP contribution in [-0.2, 0) is 6.18 Å². The average Bonchev–Trinajstić information content (AvgIpc) is 2.15. The van der Waals surface area contributed by atoms with Gasteiger partial charge in [0.15, 0.2) is 0 Å². The van der Waals surface area contributed by atoms with Crippen LogP contribution in [0.25, 0.3) is 0 Å². The highest BCUT2D eigenvalue weighted by Gasteiger charge is 2.35. The number of rotatable bonds is 1. The maximum absolute atomic E-state index is 12.4. The van der Waals surface area contributed by atoms with Gasteiger partial charge in [0, 0.05) is 0 Å². The molecule has 0 spiro atoms. The molecule has 0 aromatic heterocycles. The van der Waals surface area contributed by atoms with E-state index in [4.69, 9.17) is 22.0 Å². The highest BCUT2D eigenvalue weighted by Crippen LogP contribution is 2.37. The summed E-state index contributed by atoms with van der Waals surface area (Å²) in [4.78, 5) is 10.6. The zero-order valence-corrected chi connectivity index (χ0v) is 8.23. The highest BCUT2D eigenvalue weighted by atomic mass is 35.5. The number of nitriles is 1. The Morgan fingerprint density at radius 3 is 2.38 bits per heavy atom. The molecule has 0 bridgehead atoms. The molecule has 0 atom stereocenters. The predicted molar refractivity (Wildman–Crippen MR) is 48.1 cm³/mol. The Balaban J connectivity index is 3.58. The summed E-state index contributed by atoms with van der Waals surface area (Å²) in [6, 6.07) is 2.74. The lowest BCUT2D eigenvalue weighted by Gasteiger charge is -2.10. The zero-order chi connectivity index (χ0) is 12.5. The number of nitrogens with zero attached hydrogens (tertiary/aromatic N) is 1. The number of alkyl halides is 3. The lowest BCUT2D eigenvalue weighted by atomic mass is 10.1. The summed E-state index contributed by atoms with van der Waals surface area (Å²) in [5, 5.41) is 16.2. The molecule has 7 heteroatoms. The summed E-state index contributed by atoms with van der Waals surface area (Å²) in [6.45, 7) is 0. The molecule has 3 nitrogen and oxygen atoms in total. The van der Waals surface area contributed by atoms with E-state index in [1.807, 2.05) is 0 Å². The van der Waals surface area contributed by atoms with Crippen LogP contribution >= 0.6 is 11.6 Å². The van der Waals surface area contributed by atoms with E-state index in [1.165, 1.54) is 6.07 Å².